The van der Waals surface area contributed by atoms with Gasteiger partial charge in [-0.05, 0) is 35.4 Å². The van der Waals surface area contributed by atoms with Crippen molar-refractivity contribution in [3.05, 3.63) is 101 Å². The Bertz CT molecular complexity index is 736. The van der Waals surface area contributed by atoms with Crippen molar-refractivity contribution in [2.45, 2.75) is 9.38 Å². The molecule has 0 saturated heterocycles. The number of thioether (sulfide) groups is 1. The molecular weight excluding hydrogens is 343 g/mol. The van der Waals surface area contributed by atoms with E-state index in [1.807, 2.05) is 84.9 Å². The first-order valence-electron chi connectivity index (χ1n) is 7.15. The fourth-order valence-electron chi connectivity index (χ4n) is 2.41. The van der Waals surface area contributed by atoms with Gasteiger partial charge in [0, 0.05) is 9.92 Å². The Morgan fingerprint density at radius 2 is 1.22 bits per heavy atom. The standard InChI is InChI=1S/C19H14ClOPS/c20-17-11-13-18(14-12-17)23-19(22-21,15-7-3-1-4-8-15)16-9-5-2-6-10-16/h1-14H. The Morgan fingerprint density at radius 3 is 1.65 bits per heavy atom. The maximum absolute atomic E-state index is 12.3. The first-order valence-corrected chi connectivity index (χ1v) is 9.15. The van der Waals surface area contributed by atoms with Gasteiger partial charge in [-0.1, -0.05) is 84.0 Å². The molecule has 0 aliphatic carbocycles. The Labute approximate surface area is 146 Å². The van der Waals surface area contributed by atoms with Gasteiger partial charge >= 0.3 is 0 Å². The first kappa shape index (κ1) is 16.3. The minimum Gasteiger partial charge on any atom is -0.273 e. The van der Waals surface area contributed by atoms with Crippen molar-refractivity contribution >= 4 is 31.8 Å². The second-order valence-electron chi connectivity index (χ2n) is 5.02. The molecule has 0 atom stereocenters. The molecule has 0 aliphatic heterocycles. The number of benzene rings is 3. The molecule has 114 valence electrons. The molecule has 0 bridgehead atoms. The molecule has 3 aromatic rings. The zero-order chi connectivity index (χ0) is 16.1. The Kier molecular flexibility index (Phi) is 5.17. The molecule has 0 unspecified atom stereocenters. The molecule has 0 heterocycles. The van der Waals surface area contributed by atoms with Crippen LogP contribution in [0.1, 0.15) is 11.1 Å². The Balaban J connectivity index is 2.13. The van der Waals surface area contributed by atoms with Crippen LogP contribution >= 0.6 is 31.8 Å². The molecule has 3 rings (SSSR count). The number of hydrogen-bond donors (Lipinski definition) is 0. The highest BCUT2D eigenvalue weighted by atomic mass is 35.5. The predicted octanol–water partition coefficient (Wildman–Crippen LogP) is 6.63. The number of hydrogen-bond acceptors (Lipinski definition) is 2. The smallest absolute Gasteiger partial charge is 0.183 e. The average Bonchev–Trinajstić information content (AvgIpc) is 2.63. The van der Waals surface area contributed by atoms with Gasteiger partial charge in [-0.15, -0.1) is 0 Å². The second kappa shape index (κ2) is 7.31. The zero-order valence-electron chi connectivity index (χ0n) is 12.2. The average molecular weight is 357 g/mol. The molecule has 0 amide bonds. The highest BCUT2D eigenvalue weighted by molar-refractivity contribution is 8.04. The molecule has 0 fully saturated rings. The lowest BCUT2D eigenvalue weighted by molar-refractivity contribution is 0.593. The van der Waals surface area contributed by atoms with E-state index < -0.39 is 4.49 Å². The van der Waals surface area contributed by atoms with Crippen LogP contribution in [0.25, 0.3) is 0 Å². The summed E-state index contributed by atoms with van der Waals surface area (Å²) in [5.74, 6) is 0. The third-order valence-electron chi connectivity index (χ3n) is 3.54. The van der Waals surface area contributed by atoms with Crippen LogP contribution in [0.5, 0.6) is 0 Å². The molecule has 4 heteroatoms. The van der Waals surface area contributed by atoms with Crippen molar-refractivity contribution < 1.29 is 4.57 Å². The summed E-state index contributed by atoms with van der Waals surface area (Å²) in [4.78, 5) is 1.02. The van der Waals surface area contributed by atoms with E-state index in [1.165, 1.54) is 0 Å². The summed E-state index contributed by atoms with van der Waals surface area (Å²) in [6.45, 7) is 0. The van der Waals surface area contributed by atoms with Gasteiger partial charge in [0.1, 0.15) is 0 Å². The van der Waals surface area contributed by atoms with E-state index >= 15 is 0 Å². The van der Waals surface area contributed by atoms with E-state index in [4.69, 9.17) is 11.6 Å². The van der Waals surface area contributed by atoms with Gasteiger partial charge in [-0.3, -0.25) is 4.57 Å². The van der Waals surface area contributed by atoms with Gasteiger partial charge in [0.05, 0.1) is 0 Å². The van der Waals surface area contributed by atoms with Crippen molar-refractivity contribution in [2.24, 2.45) is 0 Å². The molecule has 23 heavy (non-hydrogen) atoms. The van der Waals surface area contributed by atoms with E-state index in [9.17, 15) is 4.57 Å². The maximum atomic E-state index is 12.3. The van der Waals surface area contributed by atoms with Crippen LogP contribution in [0, 0.1) is 0 Å². The molecule has 0 aromatic heterocycles. The summed E-state index contributed by atoms with van der Waals surface area (Å²) in [7, 11) is 0.0397. The SMILES string of the molecule is O=PC(Sc1ccc(Cl)cc1)(c1ccccc1)c1ccccc1. The lowest BCUT2D eigenvalue weighted by Crippen LogP contribution is -2.16. The van der Waals surface area contributed by atoms with E-state index in [2.05, 4.69) is 0 Å². The van der Waals surface area contributed by atoms with E-state index in [0.717, 1.165) is 16.0 Å². The Morgan fingerprint density at radius 1 is 0.739 bits per heavy atom. The van der Waals surface area contributed by atoms with Gasteiger partial charge in [0.25, 0.3) is 0 Å². The molecule has 0 saturated carbocycles. The third kappa shape index (κ3) is 3.50. The van der Waals surface area contributed by atoms with Crippen LogP contribution in [0.3, 0.4) is 0 Å². The lowest BCUT2D eigenvalue weighted by Gasteiger charge is -2.27. The summed E-state index contributed by atoms with van der Waals surface area (Å²) in [5, 5.41) is 0.694. The van der Waals surface area contributed by atoms with Crippen molar-refractivity contribution in [3.63, 3.8) is 0 Å². The quantitative estimate of drug-likeness (QED) is 0.377. The van der Waals surface area contributed by atoms with Crippen LogP contribution < -0.4 is 0 Å². The van der Waals surface area contributed by atoms with Gasteiger partial charge < -0.3 is 0 Å². The number of rotatable bonds is 5. The molecule has 3 aromatic carbocycles. The normalized spacial score (nSPS) is 11.5. The van der Waals surface area contributed by atoms with Crippen LogP contribution in [-0.4, -0.2) is 0 Å². The first-order chi connectivity index (χ1) is 11.2. The van der Waals surface area contributed by atoms with Crippen LogP contribution in [0.15, 0.2) is 89.8 Å². The fourth-order valence-corrected chi connectivity index (χ4v) is 4.63. The predicted molar refractivity (Wildman–Crippen MR) is 98.6 cm³/mol. The summed E-state index contributed by atoms with van der Waals surface area (Å²) in [6.07, 6.45) is 0. The monoisotopic (exact) mass is 356 g/mol. The van der Waals surface area contributed by atoms with Gasteiger partial charge in [0.2, 0.25) is 0 Å². The topological polar surface area (TPSA) is 17.1 Å². The van der Waals surface area contributed by atoms with Crippen molar-refractivity contribution in [1.82, 2.24) is 0 Å². The van der Waals surface area contributed by atoms with Crippen molar-refractivity contribution in [3.8, 4) is 0 Å². The molecule has 0 N–H and O–H groups in total. The molecular formula is C19H14ClOPS. The third-order valence-corrected chi connectivity index (χ3v) is 6.34. The number of halogens is 1. The van der Waals surface area contributed by atoms with Crippen molar-refractivity contribution in [1.29, 1.82) is 0 Å². The Hall–Kier alpha value is -1.60. The fraction of sp³-hybridized carbons (Fsp3) is 0.0526. The summed E-state index contributed by atoms with van der Waals surface area (Å²) < 4.78 is 11.7. The minimum atomic E-state index is -0.684. The van der Waals surface area contributed by atoms with E-state index in [1.54, 1.807) is 11.8 Å². The van der Waals surface area contributed by atoms with E-state index in [0.29, 0.717) is 5.02 Å². The molecule has 0 aliphatic rings. The highest BCUT2D eigenvalue weighted by Gasteiger charge is 2.36. The minimum absolute atomic E-state index is 0.0397. The van der Waals surface area contributed by atoms with Crippen LogP contribution in [0.2, 0.25) is 5.02 Å². The van der Waals surface area contributed by atoms with Gasteiger partial charge in [0.15, 0.2) is 12.9 Å². The highest BCUT2D eigenvalue weighted by Crippen LogP contribution is 2.54. The lowest BCUT2D eigenvalue weighted by atomic mass is 10.0. The summed E-state index contributed by atoms with van der Waals surface area (Å²) in [6, 6.07) is 27.5. The summed E-state index contributed by atoms with van der Waals surface area (Å²) in [5.41, 5.74) is 2.01. The van der Waals surface area contributed by atoms with Gasteiger partial charge in [-0.25, -0.2) is 0 Å². The molecule has 0 spiro atoms. The van der Waals surface area contributed by atoms with Crippen LogP contribution in [0.4, 0.5) is 0 Å². The summed E-state index contributed by atoms with van der Waals surface area (Å²) >= 11 is 7.55. The van der Waals surface area contributed by atoms with E-state index in [-0.39, 0.29) is 8.46 Å². The second-order valence-corrected chi connectivity index (χ2v) is 7.90. The molecule has 0 radical (unpaired) electrons. The zero-order valence-corrected chi connectivity index (χ0v) is 14.7. The molecule has 1 nitrogen and oxygen atoms in total. The van der Waals surface area contributed by atoms with Crippen LogP contribution in [-0.2, 0) is 9.05 Å². The van der Waals surface area contributed by atoms with Gasteiger partial charge in [-0.2, -0.15) is 0 Å². The van der Waals surface area contributed by atoms with Crippen molar-refractivity contribution in [2.75, 3.05) is 0 Å². The largest absolute Gasteiger partial charge is 0.273 e. The maximum Gasteiger partial charge on any atom is 0.183 e.